The first-order chi connectivity index (χ1) is 11.4. The van der Waals surface area contributed by atoms with Gasteiger partial charge in [-0.2, -0.15) is 0 Å². The van der Waals surface area contributed by atoms with Crippen LogP contribution in [0, 0.1) is 5.82 Å². The first kappa shape index (κ1) is 18.3. The molecule has 2 aromatic carbocycles. The second kappa shape index (κ2) is 8.20. The van der Waals surface area contributed by atoms with Crippen molar-refractivity contribution in [3.8, 4) is 5.75 Å². The molecule has 0 saturated carbocycles. The molecule has 0 aliphatic rings. The van der Waals surface area contributed by atoms with Crippen molar-refractivity contribution < 1.29 is 13.9 Å². The summed E-state index contributed by atoms with van der Waals surface area (Å²) >= 11 is 1.46. The molecule has 24 heavy (non-hydrogen) atoms. The highest BCUT2D eigenvalue weighted by atomic mass is 32.2. The highest BCUT2D eigenvalue weighted by Gasteiger charge is 2.24. The van der Waals surface area contributed by atoms with Crippen LogP contribution in [0.2, 0.25) is 0 Å². The molecule has 0 unspecified atom stereocenters. The van der Waals surface area contributed by atoms with Gasteiger partial charge < -0.3 is 10.1 Å². The third-order valence-electron chi connectivity index (χ3n) is 3.76. The summed E-state index contributed by atoms with van der Waals surface area (Å²) in [6, 6.07) is 14.2. The molecule has 0 aliphatic carbocycles. The number of rotatable bonds is 7. The van der Waals surface area contributed by atoms with E-state index in [1.807, 2.05) is 44.2 Å². The number of amides is 1. The summed E-state index contributed by atoms with van der Waals surface area (Å²) in [5.41, 5.74) is 0.138. The number of ether oxygens (including phenoxy) is 1. The summed E-state index contributed by atoms with van der Waals surface area (Å²) in [6.07, 6.45) is 0. The maximum atomic E-state index is 13.9. The number of hydrogen-bond acceptors (Lipinski definition) is 3. The van der Waals surface area contributed by atoms with Crippen molar-refractivity contribution in [3.63, 3.8) is 0 Å². The molecule has 1 N–H and O–H groups in total. The van der Waals surface area contributed by atoms with Gasteiger partial charge in [0.25, 0.3) is 0 Å². The van der Waals surface area contributed by atoms with Gasteiger partial charge in [0.1, 0.15) is 11.6 Å². The second-order valence-electron chi connectivity index (χ2n) is 6.10. The molecule has 0 bridgehead atoms. The Labute approximate surface area is 146 Å². The molecule has 0 radical (unpaired) electrons. The molecular formula is C19H22FNO2S. The monoisotopic (exact) mass is 347 g/mol. The van der Waals surface area contributed by atoms with Gasteiger partial charge in [0.05, 0.1) is 12.9 Å². The van der Waals surface area contributed by atoms with Crippen molar-refractivity contribution in [2.75, 3.05) is 19.4 Å². The van der Waals surface area contributed by atoms with E-state index in [-0.39, 0.29) is 11.7 Å². The summed E-state index contributed by atoms with van der Waals surface area (Å²) in [4.78, 5) is 13.1. The van der Waals surface area contributed by atoms with Gasteiger partial charge in [-0.1, -0.05) is 32.0 Å². The maximum absolute atomic E-state index is 13.9. The number of nitrogens with one attached hydrogen (secondary N) is 1. The number of hydrogen-bond donors (Lipinski definition) is 1. The van der Waals surface area contributed by atoms with E-state index < -0.39 is 5.41 Å². The Balaban J connectivity index is 1.85. The fraction of sp³-hybridized carbons (Fsp3) is 0.316. The Bertz CT molecular complexity index is 686. The summed E-state index contributed by atoms with van der Waals surface area (Å²) in [5, 5.41) is 2.89. The molecule has 0 atom stereocenters. The first-order valence-electron chi connectivity index (χ1n) is 7.71. The number of methoxy groups -OCH3 is 1. The minimum atomic E-state index is -0.466. The van der Waals surface area contributed by atoms with Gasteiger partial charge in [0, 0.05) is 16.9 Å². The lowest BCUT2D eigenvalue weighted by Gasteiger charge is -2.26. The molecule has 128 valence electrons. The Morgan fingerprint density at radius 3 is 2.46 bits per heavy atom. The van der Waals surface area contributed by atoms with Crippen LogP contribution in [0.25, 0.3) is 0 Å². The van der Waals surface area contributed by atoms with Crippen LogP contribution in [-0.4, -0.2) is 25.3 Å². The van der Waals surface area contributed by atoms with Gasteiger partial charge >= 0.3 is 0 Å². The third-order valence-corrected chi connectivity index (χ3v) is 4.77. The fourth-order valence-corrected chi connectivity index (χ4v) is 3.03. The van der Waals surface area contributed by atoms with Crippen LogP contribution < -0.4 is 10.1 Å². The zero-order valence-electron chi connectivity index (χ0n) is 14.1. The standard InChI is InChI=1S/C19H22FNO2S/c1-19(2,16-6-4-5-7-17(16)20)13-21-18(22)12-24-15-10-8-14(23-3)9-11-15/h4-11H,12-13H2,1-3H3,(H,21,22). The van der Waals surface area contributed by atoms with Crippen LogP contribution in [0.3, 0.4) is 0 Å². The molecule has 0 saturated heterocycles. The number of benzene rings is 2. The van der Waals surface area contributed by atoms with Gasteiger partial charge in [-0.05, 0) is 35.9 Å². The largest absolute Gasteiger partial charge is 0.497 e. The zero-order valence-corrected chi connectivity index (χ0v) is 15.0. The Morgan fingerprint density at radius 1 is 1.17 bits per heavy atom. The molecular weight excluding hydrogens is 325 g/mol. The summed E-state index contributed by atoms with van der Waals surface area (Å²) < 4.78 is 19.0. The molecule has 0 aromatic heterocycles. The van der Waals surface area contributed by atoms with Crippen molar-refractivity contribution in [1.82, 2.24) is 5.32 Å². The van der Waals surface area contributed by atoms with Crippen molar-refractivity contribution in [3.05, 3.63) is 59.9 Å². The molecule has 3 nitrogen and oxygen atoms in total. The van der Waals surface area contributed by atoms with E-state index in [9.17, 15) is 9.18 Å². The molecule has 0 aliphatic heterocycles. The molecule has 5 heteroatoms. The molecule has 2 rings (SSSR count). The molecule has 2 aromatic rings. The fourth-order valence-electron chi connectivity index (χ4n) is 2.30. The van der Waals surface area contributed by atoms with Gasteiger partial charge in [-0.3, -0.25) is 4.79 Å². The van der Waals surface area contributed by atoms with E-state index in [0.29, 0.717) is 17.9 Å². The van der Waals surface area contributed by atoms with Crippen LogP contribution in [0.5, 0.6) is 5.75 Å². The Morgan fingerprint density at radius 2 is 1.83 bits per heavy atom. The summed E-state index contributed by atoms with van der Waals surface area (Å²) in [7, 11) is 1.62. The van der Waals surface area contributed by atoms with E-state index in [1.54, 1.807) is 19.2 Å². The maximum Gasteiger partial charge on any atom is 0.230 e. The summed E-state index contributed by atoms with van der Waals surface area (Å²) in [5.74, 6) is 0.791. The lowest BCUT2D eigenvalue weighted by molar-refractivity contribution is -0.118. The number of carbonyl (C=O) groups is 1. The molecule has 1 amide bonds. The minimum absolute atomic E-state index is 0.0692. The average Bonchev–Trinajstić information content (AvgIpc) is 2.59. The molecule has 0 spiro atoms. The van der Waals surface area contributed by atoms with Gasteiger partial charge in [-0.15, -0.1) is 11.8 Å². The van der Waals surface area contributed by atoms with Crippen molar-refractivity contribution >= 4 is 17.7 Å². The molecule has 0 heterocycles. The summed E-state index contributed by atoms with van der Waals surface area (Å²) in [6.45, 7) is 4.22. The SMILES string of the molecule is COc1ccc(SCC(=O)NCC(C)(C)c2ccccc2F)cc1. The lowest BCUT2D eigenvalue weighted by atomic mass is 9.84. The van der Waals surface area contributed by atoms with Crippen LogP contribution in [-0.2, 0) is 10.2 Å². The Hall–Kier alpha value is -2.01. The van der Waals surface area contributed by atoms with Gasteiger partial charge in [0.2, 0.25) is 5.91 Å². The van der Waals surface area contributed by atoms with E-state index in [0.717, 1.165) is 10.6 Å². The Kier molecular flexibility index (Phi) is 6.26. The smallest absolute Gasteiger partial charge is 0.230 e. The van der Waals surface area contributed by atoms with E-state index in [1.165, 1.54) is 17.8 Å². The van der Waals surface area contributed by atoms with E-state index in [2.05, 4.69) is 5.32 Å². The van der Waals surface area contributed by atoms with Crippen LogP contribution in [0.1, 0.15) is 19.4 Å². The third kappa shape index (κ3) is 4.99. The predicted octanol–water partition coefficient (Wildman–Crippen LogP) is 4.02. The number of thioether (sulfide) groups is 1. The predicted molar refractivity (Wildman–Crippen MR) is 96.2 cm³/mol. The first-order valence-corrected chi connectivity index (χ1v) is 8.69. The van der Waals surface area contributed by atoms with Crippen molar-refractivity contribution in [2.45, 2.75) is 24.2 Å². The normalized spacial score (nSPS) is 11.2. The van der Waals surface area contributed by atoms with Gasteiger partial charge in [0.15, 0.2) is 0 Å². The highest BCUT2D eigenvalue weighted by molar-refractivity contribution is 8.00. The highest BCUT2D eigenvalue weighted by Crippen LogP contribution is 2.25. The minimum Gasteiger partial charge on any atom is -0.497 e. The number of halogens is 1. The van der Waals surface area contributed by atoms with Crippen LogP contribution >= 0.6 is 11.8 Å². The topological polar surface area (TPSA) is 38.3 Å². The van der Waals surface area contributed by atoms with Crippen LogP contribution in [0.15, 0.2) is 53.4 Å². The lowest BCUT2D eigenvalue weighted by Crippen LogP contribution is -2.38. The van der Waals surface area contributed by atoms with Crippen molar-refractivity contribution in [2.24, 2.45) is 0 Å². The second-order valence-corrected chi connectivity index (χ2v) is 7.15. The zero-order chi connectivity index (χ0) is 17.6. The van der Waals surface area contributed by atoms with E-state index >= 15 is 0 Å². The van der Waals surface area contributed by atoms with Crippen LogP contribution in [0.4, 0.5) is 4.39 Å². The van der Waals surface area contributed by atoms with Crippen molar-refractivity contribution in [1.29, 1.82) is 0 Å². The molecule has 0 fully saturated rings. The van der Waals surface area contributed by atoms with Gasteiger partial charge in [-0.25, -0.2) is 4.39 Å². The van der Waals surface area contributed by atoms with E-state index in [4.69, 9.17) is 4.74 Å². The quantitative estimate of drug-likeness (QED) is 0.769. The average molecular weight is 347 g/mol. The number of carbonyl (C=O) groups excluding carboxylic acids is 1.